The molecule has 156 valence electrons. The number of ether oxygens (including phenoxy) is 1. The molecule has 1 aliphatic carbocycles. The molecule has 4 heteroatoms. The molecule has 1 amide bonds. The maximum absolute atomic E-state index is 12.7. The number of carbonyl (C=O) groups is 2. The van der Waals surface area contributed by atoms with Crippen LogP contribution in [0.5, 0.6) is 0 Å². The van der Waals surface area contributed by atoms with Gasteiger partial charge in [-0.05, 0) is 34.2 Å². The quantitative estimate of drug-likeness (QED) is 0.477. The lowest BCUT2D eigenvalue weighted by atomic mass is 9.98. The van der Waals surface area contributed by atoms with Crippen molar-refractivity contribution in [2.24, 2.45) is 0 Å². The van der Waals surface area contributed by atoms with E-state index in [1.165, 1.54) is 11.1 Å². The molecule has 0 saturated heterocycles. The largest absolute Gasteiger partial charge is 0.449 e. The predicted octanol–water partition coefficient (Wildman–Crippen LogP) is 5.80. The summed E-state index contributed by atoms with van der Waals surface area (Å²) in [6, 6.07) is 24.9. The SMILES string of the molecule is C=CCCC(=O)[C@@H](NC(=O)OCC1c2ccccc2-c2ccccc21)c1ccccc1. The zero-order valence-corrected chi connectivity index (χ0v) is 17.3. The molecule has 0 saturated carbocycles. The summed E-state index contributed by atoms with van der Waals surface area (Å²) in [6.45, 7) is 3.88. The van der Waals surface area contributed by atoms with Gasteiger partial charge in [-0.15, -0.1) is 6.58 Å². The van der Waals surface area contributed by atoms with Crippen molar-refractivity contribution in [2.75, 3.05) is 6.61 Å². The van der Waals surface area contributed by atoms with Crippen LogP contribution in [0.4, 0.5) is 4.79 Å². The fourth-order valence-corrected chi connectivity index (χ4v) is 4.14. The van der Waals surface area contributed by atoms with Gasteiger partial charge in [0, 0.05) is 12.3 Å². The summed E-state index contributed by atoms with van der Waals surface area (Å²) in [5.41, 5.74) is 5.39. The van der Waals surface area contributed by atoms with Crippen LogP contribution in [0.15, 0.2) is 91.5 Å². The van der Waals surface area contributed by atoms with Gasteiger partial charge in [0.05, 0.1) is 0 Å². The lowest BCUT2D eigenvalue weighted by molar-refractivity contribution is -0.121. The minimum Gasteiger partial charge on any atom is -0.449 e. The van der Waals surface area contributed by atoms with E-state index in [2.05, 4.69) is 36.2 Å². The van der Waals surface area contributed by atoms with E-state index < -0.39 is 12.1 Å². The summed E-state index contributed by atoms with van der Waals surface area (Å²) in [4.78, 5) is 25.4. The van der Waals surface area contributed by atoms with E-state index in [0.717, 1.165) is 16.7 Å². The maximum Gasteiger partial charge on any atom is 0.408 e. The number of rotatable bonds is 8. The molecule has 0 unspecified atom stereocenters. The summed E-state index contributed by atoms with van der Waals surface area (Å²) >= 11 is 0. The van der Waals surface area contributed by atoms with Crippen molar-refractivity contribution in [3.63, 3.8) is 0 Å². The van der Waals surface area contributed by atoms with Crippen molar-refractivity contribution < 1.29 is 14.3 Å². The second kappa shape index (κ2) is 9.43. The number of alkyl carbamates (subject to hydrolysis) is 1. The first-order valence-electron chi connectivity index (χ1n) is 10.5. The van der Waals surface area contributed by atoms with Crippen molar-refractivity contribution in [3.05, 3.63) is 108 Å². The highest BCUT2D eigenvalue weighted by atomic mass is 16.5. The highest BCUT2D eigenvalue weighted by Gasteiger charge is 2.30. The third-order valence-corrected chi connectivity index (χ3v) is 5.66. The molecule has 1 N–H and O–H groups in total. The van der Waals surface area contributed by atoms with Gasteiger partial charge < -0.3 is 10.1 Å². The summed E-state index contributed by atoms with van der Waals surface area (Å²) in [5, 5.41) is 2.77. The van der Waals surface area contributed by atoms with Gasteiger partial charge in [-0.25, -0.2) is 4.79 Å². The number of fused-ring (bicyclic) bond motifs is 3. The molecule has 0 radical (unpaired) electrons. The maximum atomic E-state index is 12.7. The van der Waals surface area contributed by atoms with Crippen molar-refractivity contribution in [2.45, 2.75) is 24.8 Å². The predicted molar refractivity (Wildman–Crippen MR) is 122 cm³/mol. The number of nitrogens with one attached hydrogen (secondary N) is 1. The van der Waals surface area contributed by atoms with Crippen LogP contribution in [0.3, 0.4) is 0 Å². The van der Waals surface area contributed by atoms with Crippen LogP contribution in [0, 0.1) is 0 Å². The molecule has 0 spiro atoms. The van der Waals surface area contributed by atoms with Gasteiger partial charge in [-0.1, -0.05) is 84.9 Å². The van der Waals surface area contributed by atoms with Crippen LogP contribution in [0.1, 0.15) is 41.5 Å². The van der Waals surface area contributed by atoms with Crippen LogP contribution in [0.25, 0.3) is 11.1 Å². The average Bonchev–Trinajstić information content (AvgIpc) is 3.14. The smallest absolute Gasteiger partial charge is 0.408 e. The number of hydrogen-bond acceptors (Lipinski definition) is 3. The molecule has 0 aliphatic heterocycles. The Morgan fingerprint density at radius 2 is 1.48 bits per heavy atom. The summed E-state index contributed by atoms with van der Waals surface area (Å²) in [5.74, 6) is -0.0931. The molecule has 1 atom stereocenters. The number of hydrogen-bond donors (Lipinski definition) is 1. The van der Waals surface area contributed by atoms with E-state index in [1.54, 1.807) is 6.08 Å². The van der Waals surface area contributed by atoms with E-state index in [4.69, 9.17) is 4.74 Å². The fourth-order valence-electron chi connectivity index (χ4n) is 4.14. The van der Waals surface area contributed by atoms with Gasteiger partial charge in [0.15, 0.2) is 5.78 Å². The van der Waals surface area contributed by atoms with Crippen LogP contribution in [-0.4, -0.2) is 18.5 Å². The number of ketones is 1. The standard InChI is InChI=1S/C27H25NO3/c1-2-3-17-25(29)26(19-11-5-4-6-12-19)28-27(30)31-18-24-22-15-9-7-13-20(22)21-14-8-10-16-23(21)24/h2,4-16,24,26H,1,3,17-18H2,(H,28,30)/t26-/m0/s1. The lowest BCUT2D eigenvalue weighted by Crippen LogP contribution is -2.35. The molecule has 0 heterocycles. The fraction of sp³-hybridized carbons (Fsp3) is 0.185. The molecule has 0 fully saturated rings. The summed E-state index contributed by atoms with van der Waals surface area (Å²) in [7, 11) is 0. The Bertz CT molecular complexity index is 1040. The van der Waals surface area contributed by atoms with E-state index in [0.29, 0.717) is 12.8 Å². The van der Waals surface area contributed by atoms with Gasteiger partial charge in [0.2, 0.25) is 0 Å². The van der Waals surface area contributed by atoms with E-state index in [-0.39, 0.29) is 18.3 Å². The molecule has 4 rings (SSSR count). The van der Waals surface area contributed by atoms with Gasteiger partial charge >= 0.3 is 6.09 Å². The number of amides is 1. The number of Topliss-reactive ketones (excluding diaryl/α,β-unsaturated/α-hetero) is 1. The van der Waals surface area contributed by atoms with Crippen molar-refractivity contribution in [1.29, 1.82) is 0 Å². The molecule has 0 aromatic heterocycles. The van der Waals surface area contributed by atoms with Crippen LogP contribution >= 0.6 is 0 Å². The zero-order chi connectivity index (χ0) is 21.6. The molecule has 0 bridgehead atoms. The van der Waals surface area contributed by atoms with Crippen molar-refractivity contribution in [3.8, 4) is 11.1 Å². The molecular formula is C27H25NO3. The average molecular weight is 412 g/mol. The summed E-state index contributed by atoms with van der Waals surface area (Å²) in [6.07, 6.45) is 1.98. The van der Waals surface area contributed by atoms with E-state index >= 15 is 0 Å². The molecule has 1 aliphatic rings. The first-order valence-corrected chi connectivity index (χ1v) is 10.5. The van der Waals surface area contributed by atoms with E-state index in [1.807, 2.05) is 54.6 Å². The minimum absolute atomic E-state index is 0.0233. The molecular weight excluding hydrogens is 386 g/mol. The first-order chi connectivity index (χ1) is 15.2. The number of benzene rings is 3. The highest BCUT2D eigenvalue weighted by Crippen LogP contribution is 2.44. The second-order valence-electron chi connectivity index (χ2n) is 7.61. The van der Waals surface area contributed by atoms with E-state index in [9.17, 15) is 9.59 Å². The molecule has 31 heavy (non-hydrogen) atoms. The zero-order valence-electron chi connectivity index (χ0n) is 17.3. The number of allylic oxidation sites excluding steroid dienone is 1. The highest BCUT2D eigenvalue weighted by molar-refractivity contribution is 5.88. The monoisotopic (exact) mass is 411 g/mol. The Hall–Kier alpha value is -3.66. The van der Waals surface area contributed by atoms with Gasteiger partial charge in [-0.2, -0.15) is 0 Å². The van der Waals surface area contributed by atoms with Gasteiger partial charge in [-0.3, -0.25) is 4.79 Å². The third-order valence-electron chi connectivity index (χ3n) is 5.66. The normalized spacial score (nSPS) is 13.0. The topological polar surface area (TPSA) is 55.4 Å². The Kier molecular flexibility index (Phi) is 6.27. The first kappa shape index (κ1) is 20.6. The van der Waals surface area contributed by atoms with Crippen molar-refractivity contribution >= 4 is 11.9 Å². The lowest BCUT2D eigenvalue weighted by Gasteiger charge is -2.19. The minimum atomic E-state index is -0.739. The Balaban J connectivity index is 1.48. The Morgan fingerprint density at radius 3 is 2.10 bits per heavy atom. The Morgan fingerprint density at radius 1 is 0.903 bits per heavy atom. The summed E-state index contributed by atoms with van der Waals surface area (Å²) < 4.78 is 5.62. The van der Waals surface area contributed by atoms with Gasteiger partial charge in [0.25, 0.3) is 0 Å². The third kappa shape index (κ3) is 4.43. The van der Waals surface area contributed by atoms with Crippen LogP contribution in [-0.2, 0) is 9.53 Å². The Labute approximate surface area is 182 Å². The molecule has 4 nitrogen and oxygen atoms in total. The van der Waals surface area contributed by atoms with Crippen molar-refractivity contribution in [1.82, 2.24) is 5.32 Å². The van der Waals surface area contributed by atoms with Gasteiger partial charge in [0.1, 0.15) is 12.6 Å². The molecule has 3 aromatic carbocycles. The number of carbonyl (C=O) groups excluding carboxylic acids is 2. The molecule has 3 aromatic rings. The second-order valence-corrected chi connectivity index (χ2v) is 7.61. The van der Waals surface area contributed by atoms with Crippen LogP contribution < -0.4 is 5.32 Å². The van der Waals surface area contributed by atoms with Crippen LogP contribution in [0.2, 0.25) is 0 Å².